The fourth-order valence-corrected chi connectivity index (χ4v) is 3.59. The van der Waals surface area contributed by atoms with E-state index < -0.39 is 0 Å². The van der Waals surface area contributed by atoms with E-state index >= 15 is 0 Å². The van der Waals surface area contributed by atoms with Gasteiger partial charge in [-0.3, -0.25) is 10.1 Å². The van der Waals surface area contributed by atoms with Gasteiger partial charge in [0.1, 0.15) is 50.8 Å². The molecule has 0 aliphatic carbocycles. The largest absolute Gasteiger partial charge is 0.497 e. The summed E-state index contributed by atoms with van der Waals surface area (Å²) in [6, 6.07) is 13.0. The van der Waals surface area contributed by atoms with Crippen LogP contribution in [0, 0.1) is 10.1 Å². The Kier molecular flexibility index (Phi) is 6.26. The molecule has 0 amide bonds. The van der Waals surface area contributed by atoms with Crippen LogP contribution >= 0.6 is 0 Å². The van der Waals surface area contributed by atoms with E-state index in [1.807, 2.05) is 18.2 Å². The smallest absolute Gasteiger partial charge is 0.269 e. The number of piperazine rings is 1. The maximum atomic E-state index is 10.8. The van der Waals surface area contributed by atoms with Crippen molar-refractivity contribution < 1.29 is 24.2 Å². The molecule has 7 nitrogen and oxygen atoms in total. The van der Waals surface area contributed by atoms with Crippen LogP contribution < -0.4 is 19.3 Å². The summed E-state index contributed by atoms with van der Waals surface area (Å²) in [5.74, 6) is 1.65. The molecule has 0 unspecified atom stereocenters. The second kappa shape index (κ2) is 8.83. The van der Waals surface area contributed by atoms with E-state index in [0.717, 1.165) is 56.3 Å². The fraction of sp³-hybridized carbons (Fsp3) is 0.400. The molecule has 2 aromatic carbocycles. The van der Waals surface area contributed by atoms with Crippen LogP contribution in [0.3, 0.4) is 0 Å². The molecule has 0 atom stereocenters. The van der Waals surface area contributed by atoms with Crippen LogP contribution in [0.2, 0.25) is 0 Å². The highest BCUT2D eigenvalue weighted by atomic mass is 16.6. The Labute approximate surface area is 159 Å². The average Bonchev–Trinajstić information content (AvgIpc) is 2.69. The summed E-state index contributed by atoms with van der Waals surface area (Å²) in [5.41, 5.74) is 2.52. The van der Waals surface area contributed by atoms with Gasteiger partial charge in [-0.25, -0.2) is 0 Å². The van der Waals surface area contributed by atoms with E-state index in [0.29, 0.717) is 0 Å². The molecule has 3 rings (SSSR count). The van der Waals surface area contributed by atoms with Crippen LogP contribution in [0.15, 0.2) is 42.5 Å². The minimum atomic E-state index is -0.355. The van der Waals surface area contributed by atoms with Crippen molar-refractivity contribution in [3.05, 3.63) is 63.7 Å². The van der Waals surface area contributed by atoms with Gasteiger partial charge in [0.15, 0.2) is 0 Å². The molecule has 2 N–H and O–H groups in total. The van der Waals surface area contributed by atoms with Gasteiger partial charge in [-0.15, -0.1) is 0 Å². The maximum Gasteiger partial charge on any atom is 0.269 e. The number of nitrogens with zero attached hydrogens (tertiary/aromatic N) is 1. The zero-order valence-corrected chi connectivity index (χ0v) is 15.9. The molecular weight excluding hydrogens is 346 g/mol. The number of benzene rings is 2. The van der Waals surface area contributed by atoms with E-state index in [4.69, 9.17) is 9.47 Å². The molecule has 0 bridgehead atoms. The standard InChI is InChI=1S/C20H25N3O4/c1-26-19-11-17(12-20(13-19)27-2)15-22-9-7-21(8-10-22)14-16-3-5-18(6-4-16)23(24)25/h3-6,11-13H,7-10,14-15H2,1-2H3/p+2. The van der Waals surface area contributed by atoms with E-state index in [-0.39, 0.29) is 10.6 Å². The Hall–Kier alpha value is -2.64. The number of nitro benzene ring substituents is 1. The molecule has 2 aromatic rings. The molecule has 1 fully saturated rings. The molecule has 0 radical (unpaired) electrons. The van der Waals surface area contributed by atoms with E-state index in [9.17, 15) is 10.1 Å². The van der Waals surface area contributed by atoms with Crippen LogP contribution in [0.1, 0.15) is 11.1 Å². The van der Waals surface area contributed by atoms with Crippen molar-refractivity contribution in [3.63, 3.8) is 0 Å². The monoisotopic (exact) mass is 373 g/mol. The summed E-state index contributed by atoms with van der Waals surface area (Å²) >= 11 is 0. The van der Waals surface area contributed by atoms with Gasteiger partial charge in [0, 0.05) is 29.3 Å². The molecule has 7 heteroatoms. The minimum Gasteiger partial charge on any atom is -0.497 e. The van der Waals surface area contributed by atoms with Crippen molar-refractivity contribution in [1.29, 1.82) is 0 Å². The van der Waals surface area contributed by atoms with E-state index in [2.05, 4.69) is 12.1 Å². The first-order valence-corrected chi connectivity index (χ1v) is 9.20. The number of quaternary nitrogens is 2. The van der Waals surface area contributed by atoms with Gasteiger partial charge >= 0.3 is 0 Å². The molecule has 144 valence electrons. The molecular formula is C20H27N3O4+2. The lowest BCUT2D eigenvalue weighted by Crippen LogP contribution is -3.27. The lowest BCUT2D eigenvalue weighted by molar-refractivity contribution is -1.02. The third kappa shape index (κ3) is 5.18. The first-order valence-electron chi connectivity index (χ1n) is 9.20. The first-order chi connectivity index (χ1) is 13.1. The highest BCUT2D eigenvalue weighted by molar-refractivity contribution is 5.38. The number of rotatable bonds is 7. The lowest BCUT2D eigenvalue weighted by Gasteiger charge is -2.30. The zero-order chi connectivity index (χ0) is 19.2. The van der Waals surface area contributed by atoms with Crippen molar-refractivity contribution in [3.8, 4) is 11.5 Å². The Bertz CT molecular complexity index is 749. The van der Waals surface area contributed by atoms with Crippen molar-refractivity contribution in [2.24, 2.45) is 0 Å². The molecule has 1 aliphatic heterocycles. The predicted molar refractivity (Wildman–Crippen MR) is 101 cm³/mol. The first kappa shape index (κ1) is 19.1. The van der Waals surface area contributed by atoms with Crippen molar-refractivity contribution in [1.82, 2.24) is 0 Å². The van der Waals surface area contributed by atoms with Gasteiger partial charge in [-0.1, -0.05) is 0 Å². The van der Waals surface area contributed by atoms with E-state index in [1.165, 1.54) is 10.5 Å². The molecule has 0 aromatic heterocycles. The Morgan fingerprint density at radius 1 is 0.852 bits per heavy atom. The van der Waals surface area contributed by atoms with Gasteiger partial charge in [-0.05, 0) is 24.3 Å². The van der Waals surface area contributed by atoms with Gasteiger partial charge in [0.05, 0.1) is 19.1 Å². The third-order valence-electron chi connectivity index (χ3n) is 5.13. The number of methoxy groups -OCH3 is 2. The molecule has 1 aliphatic rings. The van der Waals surface area contributed by atoms with Gasteiger partial charge < -0.3 is 19.3 Å². The average molecular weight is 373 g/mol. The molecule has 0 saturated carbocycles. The third-order valence-corrected chi connectivity index (χ3v) is 5.13. The summed E-state index contributed by atoms with van der Waals surface area (Å²) in [5, 5.41) is 10.8. The quantitative estimate of drug-likeness (QED) is 0.533. The highest BCUT2D eigenvalue weighted by Crippen LogP contribution is 2.21. The van der Waals surface area contributed by atoms with Gasteiger partial charge in [0.2, 0.25) is 0 Å². The number of non-ortho nitro benzene ring substituents is 1. The molecule has 27 heavy (non-hydrogen) atoms. The topological polar surface area (TPSA) is 70.5 Å². The Morgan fingerprint density at radius 3 is 1.78 bits per heavy atom. The summed E-state index contributed by atoms with van der Waals surface area (Å²) in [6.45, 7) is 6.25. The second-order valence-electron chi connectivity index (χ2n) is 7.00. The highest BCUT2D eigenvalue weighted by Gasteiger charge is 2.23. The van der Waals surface area contributed by atoms with Crippen LogP contribution in [0.4, 0.5) is 5.69 Å². The van der Waals surface area contributed by atoms with Crippen LogP contribution in [-0.4, -0.2) is 45.3 Å². The summed E-state index contributed by atoms with van der Waals surface area (Å²) in [6.07, 6.45) is 0. The van der Waals surface area contributed by atoms with Crippen LogP contribution in [0.25, 0.3) is 0 Å². The van der Waals surface area contributed by atoms with E-state index in [1.54, 1.807) is 31.3 Å². The summed E-state index contributed by atoms with van der Waals surface area (Å²) in [4.78, 5) is 13.5. The number of hydrogen-bond acceptors (Lipinski definition) is 4. The lowest BCUT2D eigenvalue weighted by atomic mass is 10.1. The van der Waals surface area contributed by atoms with Crippen molar-refractivity contribution >= 4 is 5.69 Å². The zero-order valence-electron chi connectivity index (χ0n) is 15.9. The predicted octanol–water partition coefficient (Wildman–Crippen LogP) is 0.0956. The SMILES string of the molecule is COc1cc(C[NH+]2CC[NH+](Cc3ccc([N+](=O)[O-])cc3)CC2)cc(OC)c1. The maximum absolute atomic E-state index is 10.8. The summed E-state index contributed by atoms with van der Waals surface area (Å²) in [7, 11) is 3.34. The van der Waals surface area contributed by atoms with Crippen molar-refractivity contribution in [2.45, 2.75) is 13.1 Å². The number of ether oxygens (including phenoxy) is 2. The summed E-state index contributed by atoms with van der Waals surface area (Å²) < 4.78 is 10.7. The molecule has 1 heterocycles. The van der Waals surface area contributed by atoms with Gasteiger partial charge in [0.25, 0.3) is 5.69 Å². The minimum absolute atomic E-state index is 0.150. The van der Waals surface area contributed by atoms with Crippen LogP contribution in [0.5, 0.6) is 11.5 Å². The Morgan fingerprint density at radius 2 is 1.33 bits per heavy atom. The van der Waals surface area contributed by atoms with Crippen molar-refractivity contribution in [2.75, 3.05) is 40.4 Å². The molecule has 1 saturated heterocycles. The second-order valence-corrected chi connectivity index (χ2v) is 7.00. The molecule has 0 spiro atoms. The number of hydrogen-bond donors (Lipinski definition) is 2. The van der Waals surface area contributed by atoms with Crippen LogP contribution in [-0.2, 0) is 13.1 Å². The fourth-order valence-electron chi connectivity index (χ4n) is 3.59. The number of nitro groups is 1. The number of nitrogens with one attached hydrogen (secondary N) is 2. The Balaban J connectivity index is 1.52. The normalized spacial score (nSPS) is 19.5. The van der Waals surface area contributed by atoms with Gasteiger partial charge in [-0.2, -0.15) is 0 Å².